The monoisotopic (exact) mass is 298 g/mol. The van der Waals surface area contributed by atoms with E-state index in [1.54, 1.807) is 12.1 Å². The van der Waals surface area contributed by atoms with E-state index in [1.807, 2.05) is 0 Å². The van der Waals surface area contributed by atoms with Crippen LogP contribution >= 0.6 is 0 Å². The maximum Gasteiger partial charge on any atom is 0.242 e. The molecule has 4 N–H and O–H groups in total. The van der Waals surface area contributed by atoms with Crippen LogP contribution in [0.4, 0.5) is 11.4 Å². The van der Waals surface area contributed by atoms with Crippen LogP contribution in [0.5, 0.6) is 0 Å². The van der Waals surface area contributed by atoms with Crippen molar-refractivity contribution in [3.8, 4) is 0 Å². The Bertz CT molecular complexity index is 553. The van der Waals surface area contributed by atoms with Crippen LogP contribution < -0.4 is 15.8 Å². The van der Waals surface area contributed by atoms with Crippen LogP contribution in [-0.4, -0.2) is 46.5 Å². The summed E-state index contributed by atoms with van der Waals surface area (Å²) in [5.74, 6) is 0. The van der Waals surface area contributed by atoms with Crippen molar-refractivity contribution in [3.05, 3.63) is 18.2 Å². The molecule has 20 heavy (non-hydrogen) atoms. The van der Waals surface area contributed by atoms with Gasteiger partial charge in [-0.2, -0.15) is 0 Å². The summed E-state index contributed by atoms with van der Waals surface area (Å²) in [7, 11) is -2.11. The highest BCUT2D eigenvalue weighted by Crippen LogP contribution is 2.23. The van der Waals surface area contributed by atoms with Gasteiger partial charge in [0.1, 0.15) is 4.90 Å². The minimum Gasteiger partial charge on any atom is -0.399 e. The maximum atomic E-state index is 12.0. The predicted octanol–water partition coefficient (Wildman–Crippen LogP) is 0.685. The quantitative estimate of drug-likeness (QED) is 0.672. The van der Waals surface area contributed by atoms with E-state index in [0.29, 0.717) is 11.4 Å². The lowest BCUT2D eigenvalue weighted by Gasteiger charge is -2.17. The van der Waals surface area contributed by atoms with Gasteiger partial charge in [-0.25, -0.2) is 13.1 Å². The molecule has 0 atom stereocenters. The highest BCUT2D eigenvalue weighted by Gasteiger charge is 2.17. The lowest BCUT2D eigenvalue weighted by molar-refractivity contribution is 0.352. The van der Waals surface area contributed by atoms with Crippen molar-refractivity contribution in [2.45, 2.75) is 17.7 Å². The molecule has 0 radical (unpaired) electrons. The zero-order valence-electron chi connectivity index (χ0n) is 11.7. The number of nitrogens with one attached hydrogen (secondary N) is 2. The molecule has 1 aliphatic heterocycles. The van der Waals surface area contributed by atoms with Gasteiger partial charge in [0.05, 0.1) is 5.69 Å². The van der Waals surface area contributed by atoms with E-state index in [9.17, 15) is 8.42 Å². The van der Waals surface area contributed by atoms with Crippen molar-refractivity contribution in [3.63, 3.8) is 0 Å². The molecule has 1 fully saturated rings. The third kappa shape index (κ3) is 3.62. The number of sulfonamides is 1. The second-order valence-corrected chi connectivity index (χ2v) is 6.79. The number of rotatable bonds is 6. The van der Waals surface area contributed by atoms with Crippen LogP contribution in [0.25, 0.3) is 0 Å². The van der Waals surface area contributed by atoms with Gasteiger partial charge in [0.25, 0.3) is 0 Å². The average Bonchev–Trinajstić information content (AvgIpc) is 2.93. The summed E-state index contributed by atoms with van der Waals surface area (Å²) >= 11 is 0. The first kappa shape index (κ1) is 15.1. The van der Waals surface area contributed by atoms with Crippen molar-refractivity contribution in [2.75, 3.05) is 44.3 Å². The zero-order valence-corrected chi connectivity index (χ0v) is 12.5. The van der Waals surface area contributed by atoms with Gasteiger partial charge in [0.15, 0.2) is 0 Å². The predicted molar refractivity (Wildman–Crippen MR) is 81.3 cm³/mol. The van der Waals surface area contributed by atoms with Crippen LogP contribution in [0, 0.1) is 0 Å². The van der Waals surface area contributed by atoms with Crippen LogP contribution in [0.1, 0.15) is 12.8 Å². The molecule has 0 aromatic heterocycles. The Kier molecular flexibility index (Phi) is 4.85. The second kappa shape index (κ2) is 6.43. The lowest BCUT2D eigenvalue weighted by atomic mass is 10.3. The van der Waals surface area contributed by atoms with Crippen molar-refractivity contribution < 1.29 is 8.42 Å². The van der Waals surface area contributed by atoms with E-state index in [0.717, 1.165) is 26.2 Å². The van der Waals surface area contributed by atoms with Crippen molar-refractivity contribution in [1.82, 2.24) is 9.62 Å². The number of hydrogen-bond donors (Lipinski definition) is 3. The maximum absolute atomic E-state index is 12.0. The average molecular weight is 298 g/mol. The van der Waals surface area contributed by atoms with Crippen LogP contribution in [-0.2, 0) is 10.0 Å². The number of benzene rings is 1. The summed E-state index contributed by atoms with van der Waals surface area (Å²) in [5.41, 5.74) is 6.70. The van der Waals surface area contributed by atoms with E-state index in [4.69, 9.17) is 5.73 Å². The molecule has 6 nitrogen and oxygen atoms in total. The summed E-state index contributed by atoms with van der Waals surface area (Å²) in [4.78, 5) is 2.57. The number of nitrogens with zero attached hydrogens (tertiary/aromatic N) is 1. The number of likely N-dealkylation sites (tertiary alicyclic amines) is 1. The van der Waals surface area contributed by atoms with E-state index < -0.39 is 10.0 Å². The fraction of sp³-hybridized carbons (Fsp3) is 0.538. The standard InChI is InChI=1S/C13H22N4O2S/c1-15-20(18,19)13-10-11(14)4-5-12(13)16-6-9-17-7-2-3-8-17/h4-5,10,15-16H,2-3,6-9,14H2,1H3. The molecule has 1 saturated heterocycles. The van der Waals surface area contributed by atoms with Crippen molar-refractivity contribution >= 4 is 21.4 Å². The van der Waals surface area contributed by atoms with Gasteiger partial charge < -0.3 is 16.0 Å². The zero-order chi connectivity index (χ0) is 14.6. The Morgan fingerprint density at radius 3 is 2.65 bits per heavy atom. The molecule has 0 bridgehead atoms. The van der Waals surface area contributed by atoms with Crippen LogP contribution in [0.3, 0.4) is 0 Å². The first-order chi connectivity index (χ1) is 9.53. The van der Waals surface area contributed by atoms with Gasteiger partial charge in [0.2, 0.25) is 10.0 Å². The fourth-order valence-corrected chi connectivity index (χ4v) is 3.31. The van der Waals surface area contributed by atoms with Gasteiger partial charge >= 0.3 is 0 Å². The number of nitrogen functional groups attached to an aromatic ring is 1. The summed E-state index contributed by atoms with van der Waals surface area (Å²) in [5, 5.41) is 3.19. The topological polar surface area (TPSA) is 87.5 Å². The minimum atomic E-state index is -3.51. The Hall–Kier alpha value is -1.31. The summed E-state index contributed by atoms with van der Waals surface area (Å²) in [6.45, 7) is 3.90. The molecule has 1 aliphatic rings. The van der Waals surface area contributed by atoms with E-state index in [2.05, 4.69) is 14.9 Å². The molecular weight excluding hydrogens is 276 g/mol. The van der Waals surface area contributed by atoms with Gasteiger partial charge in [-0.3, -0.25) is 0 Å². The molecule has 0 aliphatic carbocycles. The van der Waals surface area contributed by atoms with Crippen molar-refractivity contribution in [1.29, 1.82) is 0 Å². The molecule has 0 unspecified atom stereocenters. The van der Waals surface area contributed by atoms with E-state index >= 15 is 0 Å². The van der Waals surface area contributed by atoms with Gasteiger partial charge in [0, 0.05) is 18.8 Å². The first-order valence-corrected chi connectivity index (χ1v) is 8.30. The Labute approximate surface area is 120 Å². The van der Waals surface area contributed by atoms with Crippen LogP contribution in [0.15, 0.2) is 23.1 Å². The number of nitrogens with two attached hydrogens (primary N) is 1. The smallest absolute Gasteiger partial charge is 0.242 e. The van der Waals surface area contributed by atoms with Crippen molar-refractivity contribution in [2.24, 2.45) is 0 Å². The summed E-state index contributed by atoms with van der Waals surface area (Å²) < 4.78 is 26.3. The Balaban J connectivity index is 2.06. The normalized spacial score (nSPS) is 16.4. The third-order valence-electron chi connectivity index (χ3n) is 3.51. The molecule has 1 aromatic rings. The first-order valence-electron chi connectivity index (χ1n) is 6.82. The van der Waals surface area contributed by atoms with Gasteiger partial charge in [-0.1, -0.05) is 0 Å². The fourth-order valence-electron chi connectivity index (χ4n) is 2.37. The third-order valence-corrected chi connectivity index (χ3v) is 4.96. The Morgan fingerprint density at radius 2 is 2.00 bits per heavy atom. The highest BCUT2D eigenvalue weighted by molar-refractivity contribution is 7.89. The summed E-state index contributed by atoms with van der Waals surface area (Å²) in [6.07, 6.45) is 2.50. The number of hydrogen-bond acceptors (Lipinski definition) is 5. The van der Waals surface area contributed by atoms with Gasteiger partial charge in [-0.15, -0.1) is 0 Å². The Morgan fingerprint density at radius 1 is 1.30 bits per heavy atom. The van der Waals surface area contributed by atoms with E-state index in [-0.39, 0.29) is 4.90 Å². The molecule has 1 aromatic carbocycles. The lowest BCUT2D eigenvalue weighted by Crippen LogP contribution is -2.27. The molecule has 2 rings (SSSR count). The molecule has 7 heteroatoms. The molecule has 0 spiro atoms. The molecule has 0 saturated carbocycles. The largest absolute Gasteiger partial charge is 0.399 e. The second-order valence-electron chi connectivity index (χ2n) is 4.94. The molecule has 1 heterocycles. The van der Waals surface area contributed by atoms with Gasteiger partial charge in [-0.05, 0) is 51.2 Å². The minimum absolute atomic E-state index is 0.196. The molecule has 0 amide bonds. The summed E-state index contributed by atoms with van der Waals surface area (Å²) in [6, 6.07) is 4.89. The van der Waals surface area contributed by atoms with E-state index in [1.165, 1.54) is 26.0 Å². The molecule has 112 valence electrons. The SMILES string of the molecule is CNS(=O)(=O)c1cc(N)ccc1NCCN1CCCC1. The number of anilines is 2. The van der Waals surface area contributed by atoms with Crippen LogP contribution in [0.2, 0.25) is 0 Å². The highest BCUT2D eigenvalue weighted by atomic mass is 32.2. The molecular formula is C13H22N4O2S.